The van der Waals surface area contributed by atoms with Crippen LogP contribution < -0.4 is 0 Å². The first kappa shape index (κ1) is 13.3. The lowest BCUT2D eigenvalue weighted by atomic mass is 10.2. The van der Waals surface area contributed by atoms with Crippen LogP contribution in [0.3, 0.4) is 0 Å². The Labute approximate surface area is 108 Å². The third-order valence-electron chi connectivity index (χ3n) is 1.84. The summed E-state index contributed by atoms with van der Waals surface area (Å²) >= 11 is 9.20. The molecule has 0 radical (unpaired) electrons. The average Bonchev–Trinajstić information content (AvgIpc) is 2.24. The van der Waals surface area contributed by atoms with Gasteiger partial charge >= 0.3 is 5.97 Å². The van der Waals surface area contributed by atoms with Gasteiger partial charge in [-0.1, -0.05) is 29.8 Å². The molecule has 2 nitrogen and oxygen atoms in total. The lowest BCUT2D eigenvalue weighted by molar-refractivity contribution is -0.142. The number of ether oxygens (including phenoxy) is 1. The Hall–Kier alpha value is -0.800. The maximum absolute atomic E-state index is 11.1. The first-order valence-electron chi connectivity index (χ1n) is 4.90. The van der Waals surface area contributed by atoms with Gasteiger partial charge in [0, 0.05) is 4.47 Å². The molecular formula is C12H12BrClO2. The maximum atomic E-state index is 11.1. The van der Waals surface area contributed by atoms with Crippen LogP contribution in [0.1, 0.15) is 18.9 Å². The monoisotopic (exact) mass is 302 g/mol. The van der Waals surface area contributed by atoms with Crippen LogP contribution in [-0.2, 0) is 9.53 Å². The zero-order chi connectivity index (χ0) is 12.0. The van der Waals surface area contributed by atoms with Crippen molar-refractivity contribution in [1.82, 2.24) is 0 Å². The Morgan fingerprint density at radius 3 is 2.94 bits per heavy atom. The molecule has 16 heavy (non-hydrogen) atoms. The summed E-state index contributed by atoms with van der Waals surface area (Å²) in [4.78, 5) is 11.1. The first-order chi connectivity index (χ1) is 7.63. The topological polar surface area (TPSA) is 26.3 Å². The number of carbonyl (C=O) groups is 1. The molecule has 0 spiro atoms. The van der Waals surface area contributed by atoms with Crippen molar-refractivity contribution >= 4 is 39.6 Å². The fraction of sp³-hybridized carbons (Fsp3) is 0.250. The number of esters is 1. The van der Waals surface area contributed by atoms with E-state index < -0.39 is 0 Å². The summed E-state index contributed by atoms with van der Waals surface area (Å²) in [7, 11) is 0. The number of carbonyl (C=O) groups excluding carboxylic acids is 1. The minimum Gasteiger partial charge on any atom is -0.466 e. The molecule has 1 aromatic carbocycles. The van der Waals surface area contributed by atoms with E-state index in [-0.39, 0.29) is 12.4 Å². The summed E-state index contributed by atoms with van der Waals surface area (Å²) in [6, 6.07) is 5.58. The van der Waals surface area contributed by atoms with Gasteiger partial charge in [0.15, 0.2) is 0 Å². The van der Waals surface area contributed by atoms with Crippen molar-refractivity contribution in [2.45, 2.75) is 13.3 Å². The highest BCUT2D eigenvalue weighted by Crippen LogP contribution is 2.23. The summed E-state index contributed by atoms with van der Waals surface area (Å²) in [5.74, 6) is -0.216. The molecule has 0 aliphatic heterocycles. The van der Waals surface area contributed by atoms with Gasteiger partial charge in [0.25, 0.3) is 0 Å². The van der Waals surface area contributed by atoms with Crippen molar-refractivity contribution in [3.63, 3.8) is 0 Å². The largest absolute Gasteiger partial charge is 0.466 e. The van der Waals surface area contributed by atoms with Gasteiger partial charge in [-0.05, 0) is 40.5 Å². The van der Waals surface area contributed by atoms with Crippen molar-refractivity contribution in [3.8, 4) is 0 Å². The van der Waals surface area contributed by atoms with E-state index in [0.29, 0.717) is 11.6 Å². The van der Waals surface area contributed by atoms with E-state index in [1.807, 2.05) is 18.2 Å². The molecule has 0 saturated carbocycles. The smallest absolute Gasteiger partial charge is 0.309 e. The average molecular weight is 304 g/mol. The van der Waals surface area contributed by atoms with Gasteiger partial charge in [0.2, 0.25) is 0 Å². The third-order valence-corrected chi connectivity index (χ3v) is 3.06. The summed E-state index contributed by atoms with van der Waals surface area (Å²) in [5, 5.41) is 0.669. The van der Waals surface area contributed by atoms with Crippen LogP contribution in [0.4, 0.5) is 0 Å². The van der Waals surface area contributed by atoms with Gasteiger partial charge in [-0.3, -0.25) is 4.79 Å². The van der Waals surface area contributed by atoms with Gasteiger partial charge in [-0.15, -0.1) is 0 Å². The van der Waals surface area contributed by atoms with Crippen molar-refractivity contribution in [1.29, 1.82) is 0 Å². The molecule has 0 amide bonds. The Bertz CT molecular complexity index is 402. The number of benzene rings is 1. The van der Waals surface area contributed by atoms with E-state index >= 15 is 0 Å². The van der Waals surface area contributed by atoms with Gasteiger partial charge in [-0.2, -0.15) is 0 Å². The second-order valence-corrected chi connectivity index (χ2v) is 4.35. The number of halogens is 2. The predicted octanol–water partition coefficient (Wildman–Crippen LogP) is 4.07. The molecular weight excluding hydrogens is 291 g/mol. The second kappa shape index (κ2) is 6.71. The Kier molecular flexibility index (Phi) is 5.56. The zero-order valence-electron chi connectivity index (χ0n) is 8.87. The SMILES string of the molecule is CCOC(=O)CC=Cc1ccc(Cl)c(Br)c1. The molecule has 86 valence electrons. The molecule has 1 aromatic rings. The van der Waals surface area contributed by atoms with Crippen LogP contribution in [0.2, 0.25) is 5.02 Å². The molecule has 0 unspecified atom stereocenters. The number of rotatable bonds is 4. The Balaban J connectivity index is 2.56. The lowest BCUT2D eigenvalue weighted by Crippen LogP contribution is -2.01. The van der Waals surface area contributed by atoms with Crippen LogP contribution in [0.25, 0.3) is 6.08 Å². The van der Waals surface area contributed by atoms with Crippen molar-refractivity contribution in [2.75, 3.05) is 6.61 Å². The highest BCUT2D eigenvalue weighted by Gasteiger charge is 1.98. The third kappa shape index (κ3) is 4.37. The van der Waals surface area contributed by atoms with Crippen LogP contribution in [-0.4, -0.2) is 12.6 Å². The minimum atomic E-state index is -0.216. The molecule has 0 heterocycles. The molecule has 1 rings (SSSR count). The van der Waals surface area contributed by atoms with Gasteiger partial charge < -0.3 is 4.74 Å². The van der Waals surface area contributed by atoms with Crippen LogP contribution in [0, 0.1) is 0 Å². The van der Waals surface area contributed by atoms with Crippen molar-refractivity contribution in [2.24, 2.45) is 0 Å². The minimum absolute atomic E-state index is 0.216. The van der Waals surface area contributed by atoms with E-state index in [0.717, 1.165) is 10.0 Å². The van der Waals surface area contributed by atoms with Crippen LogP contribution in [0.5, 0.6) is 0 Å². The fourth-order valence-corrected chi connectivity index (χ4v) is 1.64. The van der Waals surface area contributed by atoms with Gasteiger partial charge in [-0.25, -0.2) is 0 Å². The molecule has 0 saturated heterocycles. The first-order valence-corrected chi connectivity index (χ1v) is 6.07. The van der Waals surface area contributed by atoms with Crippen molar-refractivity contribution < 1.29 is 9.53 Å². The molecule has 0 aromatic heterocycles. The molecule has 0 bridgehead atoms. The molecule has 0 N–H and O–H groups in total. The standard InChI is InChI=1S/C12H12BrClO2/c1-2-16-12(15)5-3-4-9-6-7-11(14)10(13)8-9/h3-4,6-8H,2,5H2,1H3. The lowest BCUT2D eigenvalue weighted by Gasteiger charge is -1.98. The van der Waals surface area contributed by atoms with E-state index in [1.165, 1.54) is 0 Å². The highest BCUT2D eigenvalue weighted by molar-refractivity contribution is 9.10. The van der Waals surface area contributed by atoms with E-state index in [4.69, 9.17) is 16.3 Å². The highest BCUT2D eigenvalue weighted by atomic mass is 79.9. The fourth-order valence-electron chi connectivity index (χ4n) is 1.13. The van der Waals surface area contributed by atoms with Gasteiger partial charge in [0.05, 0.1) is 18.1 Å². The van der Waals surface area contributed by atoms with E-state index in [1.54, 1.807) is 19.1 Å². The molecule has 4 heteroatoms. The Morgan fingerprint density at radius 2 is 2.31 bits per heavy atom. The Morgan fingerprint density at radius 1 is 1.56 bits per heavy atom. The van der Waals surface area contributed by atoms with E-state index in [9.17, 15) is 4.79 Å². The second-order valence-electron chi connectivity index (χ2n) is 3.09. The number of hydrogen-bond acceptors (Lipinski definition) is 2. The maximum Gasteiger partial charge on any atom is 0.309 e. The van der Waals surface area contributed by atoms with Crippen LogP contribution in [0.15, 0.2) is 28.7 Å². The summed E-state index contributed by atoms with van der Waals surface area (Å²) in [6.07, 6.45) is 3.92. The normalized spacial score (nSPS) is 10.7. The summed E-state index contributed by atoms with van der Waals surface area (Å²) in [6.45, 7) is 2.21. The molecule has 0 fully saturated rings. The molecule has 0 aliphatic carbocycles. The van der Waals surface area contributed by atoms with Gasteiger partial charge in [0.1, 0.15) is 0 Å². The van der Waals surface area contributed by atoms with Crippen LogP contribution >= 0.6 is 27.5 Å². The quantitative estimate of drug-likeness (QED) is 0.784. The van der Waals surface area contributed by atoms with E-state index in [2.05, 4.69) is 15.9 Å². The molecule has 0 atom stereocenters. The summed E-state index contributed by atoms with van der Waals surface area (Å²) in [5.41, 5.74) is 0.987. The summed E-state index contributed by atoms with van der Waals surface area (Å²) < 4.78 is 5.64. The predicted molar refractivity (Wildman–Crippen MR) is 69.4 cm³/mol. The van der Waals surface area contributed by atoms with Crippen molar-refractivity contribution in [3.05, 3.63) is 39.3 Å². The molecule has 0 aliphatic rings. The number of hydrogen-bond donors (Lipinski definition) is 0. The zero-order valence-corrected chi connectivity index (χ0v) is 11.2.